The number of aromatic hydroxyl groups is 1. The van der Waals surface area contributed by atoms with E-state index < -0.39 is 5.91 Å². The molecular weight excluding hydrogens is 232 g/mol. The zero-order valence-electron chi connectivity index (χ0n) is 9.73. The molecule has 2 aromatic rings. The lowest BCUT2D eigenvalue weighted by atomic mass is 10.2. The predicted molar refractivity (Wildman–Crippen MR) is 67.9 cm³/mol. The smallest absolute Gasteiger partial charge is 0.272 e. The lowest BCUT2D eigenvalue weighted by molar-refractivity contribution is 0.102. The summed E-state index contributed by atoms with van der Waals surface area (Å²) in [6, 6.07) is 9.09. The molecule has 1 heterocycles. The largest absolute Gasteiger partial charge is 0.508 e. The Hall–Kier alpha value is -2.56. The van der Waals surface area contributed by atoms with E-state index in [1.807, 2.05) is 0 Å². The number of amides is 1. The van der Waals surface area contributed by atoms with Crippen molar-refractivity contribution in [3.63, 3.8) is 0 Å². The zero-order valence-corrected chi connectivity index (χ0v) is 9.73. The molecule has 0 unspecified atom stereocenters. The summed E-state index contributed by atoms with van der Waals surface area (Å²) in [4.78, 5) is 25.3. The van der Waals surface area contributed by atoms with Crippen LogP contribution in [0.5, 0.6) is 5.75 Å². The number of phenolic OH excluding ortho intramolecular Hbond substituents is 1. The summed E-state index contributed by atoms with van der Waals surface area (Å²) >= 11 is 0. The Morgan fingerprint density at radius 2 is 2.06 bits per heavy atom. The maximum absolute atomic E-state index is 11.8. The molecule has 18 heavy (non-hydrogen) atoms. The Morgan fingerprint density at radius 1 is 1.28 bits per heavy atom. The molecule has 1 aromatic heterocycles. The van der Waals surface area contributed by atoms with Crippen molar-refractivity contribution in [3.8, 4) is 5.75 Å². The van der Waals surface area contributed by atoms with E-state index in [0.717, 1.165) is 0 Å². The van der Waals surface area contributed by atoms with Crippen molar-refractivity contribution in [3.05, 3.63) is 58.0 Å². The minimum atomic E-state index is -0.405. The molecule has 3 N–H and O–H groups in total. The molecule has 0 aliphatic carbocycles. The van der Waals surface area contributed by atoms with Crippen LogP contribution >= 0.6 is 0 Å². The first kappa shape index (κ1) is 11.9. The van der Waals surface area contributed by atoms with Crippen molar-refractivity contribution in [1.82, 2.24) is 4.98 Å². The van der Waals surface area contributed by atoms with Crippen LogP contribution in [0, 0.1) is 6.92 Å². The van der Waals surface area contributed by atoms with Crippen LogP contribution in [0.4, 0.5) is 5.69 Å². The summed E-state index contributed by atoms with van der Waals surface area (Å²) < 4.78 is 0. The highest BCUT2D eigenvalue weighted by atomic mass is 16.3. The van der Waals surface area contributed by atoms with E-state index in [4.69, 9.17) is 0 Å². The molecule has 92 valence electrons. The molecule has 0 aliphatic heterocycles. The van der Waals surface area contributed by atoms with Crippen molar-refractivity contribution < 1.29 is 9.90 Å². The quantitative estimate of drug-likeness (QED) is 0.702. The van der Waals surface area contributed by atoms with Gasteiger partial charge in [-0.1, -0.05) is 6.07 Å². The Bertz CT molecular complexity index is 647. The molecule has 0 spiro atoms. The van der Waals surface area contributed by atoms with Gasteiger partial charge in [-0.15, -0.1) is 0 Å². The lowest BCUT2D eigenvalue weighted by Crippen LogP contribution is -2.17. The van der Waals surface area contributed by atoms with Crippen LogP contribution in [0.3, 0.4) is 0 Å². The molecule has 0 bridgehead atoms. The molecule has 0 radical (unpaired) electrons. The van der Waals surface area contributed by atoms with Crippen molar-refractivity contribution in [1.29, 1.82) is 0 Å². The molecule has 0 saturated heterocycles. The normalized spacial score (nSPS) is 10.1. The van der Waals surface area contributed by atoms with Crippen LogP contribution < -0.4 is 10.9 Å². The number of rotatable bonds is 2. The topological polar surface area (TPSA) is 82.2 Å². The second kappa shape index (κ2) is 4.75. The van der Waals surface area contributed by atoms with Gasteiger partial charge in [0.15, 0.2) is 0 Å². The maximum atomic E-state index is 11.8. The number of carbonyl (C=O) groups excluding carboxylic acids is 1. The Balaban J connectivity index is 2.21. The van der Waals surface area contributed by atoms with Gasteiger partial charge in [0.1, 0.15) is 11.4 Å². The standard InChI is InChI=1S/C13H12N2O3/c1-8-7-9(5-6-11(8)16)14-13(18)10-3-2-4-12(17)15-10/h2-7,16H,1H3,(H,14,18)(H,15,17). The van der Waals surface area contributed by atoms with Crippen LogP contribution in [-0.2, 0) is 0 Å². The number of carbonyl (C=O) groups is 1. The third-order valence-corrected chi connectivity index (χ3v) is 2.47. The van der Waals surface area contributed by atoms with Crippen LogP contribution in [0.15, 0.2) is 41.2 Å². The van der Waals surface area contributed by atoms with E-state index >= 15 is 0 Å². The third kappa shape index (κ3) is 2.57. The van der Waals surface area contributed by atoms with Crippen molar-refractivity contribution in [2.45, 2.75) is 6.92 Å². The van der Waals surface area contributed by atoms with Gasteiger partial charge < -0.3 is 15.4 Å². The number of hydrogen-bond acceptors (Lipinski definition) is 3. The third-order valence-electron chi connectivity index (χ3n) is 2.47. The van der Waals surface area contributed by atoms with Crippen molar-refractivity contribution >= 4 is 11.6 Å². The predicted octanol–water partition coefficient (Wildman–Crippen LogP) is 1.64. The molecule has 0 aliphatic rings. The second-order valence-electron chi connectivity index (χ2n) is 3.88. The molecule has 0 saturated carbocycles. The van der Waals surface area contributed by atoms with Gasteiger partial charge in [0.25, 0.3) is 5.91 Å². The first-order valence-corrected chi connectivity index (χ1v) is 5.36. The monoisotopic (exact) mass is 244 g/mol. The summed E-state index contributed by atoms with van der Waals surface area (Å²) in [6.45, 7) is 1.73. The van der Waals surface area contributed by atoms with Crippen LogP contribution in [0.2, 0.25) is 0 Å². The second-order valence-corrected chi connectivity index (χ2v) is 3.88. The van der Waals surface area contributed by atoms with Crippen LogP contribution in [0.1, 0.15) is 16.1 Å². The summed E-state index contributed by atoms with van der Waals surface area (Å²) in [5.74, 6) is -0.237. The highest BCUT2D eigenvalue weighted by Gasteiger charge is 2.07. The molecular formula is C13H12N2O3. The van der Waals surface area contributed by atoms with Gasteiger partial charge in [0.2, 0.25) is 5.56 Å². The molecule has 0 atom stereocenters. The number of pyridine rings is 1. The van der Waals surface area contributed by atoms with E-state index in [1.165, 1.54) is 24.3 Å². The molecule has 0 fully saturated rings. The number of phenols is 1. The van der Waals surface area contributed by atoms with E-state index in [0.29, 0.717) is 11.3 Å². The minimum absolute atomic E-state index is 0.168. The molecule has 1 aromatic carbocycles. The highest BCUT2D eigenvalue weighted by molar-refractivity contribution is 6.02. The highest BCUT2D eigenvalue weighted by Crippen LogP contribution is 2.20. The van der Waals surface area contributed by atoms with E-state index in [-0.39, 0.29) is 17.0 Å². The van der Waals surface area contributed by atoms with E-state index in [9.17, 15) is 14.7 Å². The van der Waals surface area contributed by atoms with Gasteiger partial charge in [-0.05, 0) is 36.8 Å². The Labute approximate surface area is 103 Å². The Morgan fingerprint density at radius 3 is 2.72 bits per heavy atom. The first-order chi connectivity index (χ1) is 8.56. The van der Waals surface area contributed by atoms with Gasteiger partial charge in [-0.3, -0.25) is 9.59 Å². The summed E-state index contributed by atoms with van der Waals surface area (Å²) in [7, 11) is 0. The van der Waals surface area contributed by atoms with Crippen molar-refractivity contribution in [2.75, 3.05) is 5.32 Å². The number of H-pyrrole nitrogens is 1. The maximum Gasteiger partial charge on any atom is 0.272 e. The van der Waals surface area contributed by atoms with Crippen molar-refractivity contribution in [2.24, 2.45) is 0 Å². The molecule has 1 amide bonds. The molecule has 2 rings (SSSR count). The van der Waals surface area contributed by atoms with E-state index in [2.05, 4.69) is 10.3 Å². The number of aromatic amines is 1. The summed E-state index contributed by atoms with van der Waals surface area (Å²) in [5, 5.41) is 12.0. The summed E-state index contributed by atoms with van der Waals surface area (Å²) in [6.07, 6.45) is 0. The average Bonchev–Trinajstić information content (AvgIpc) is 2.34. The summed E-state index contributed by atoms with van der Waals surface area (Å²) in [5.41, 5.74) is 1.08. The first-order valence-electron chi connectivity index (χ1n) is 5.36. The molecule has 5 heteroatoms. The van der Waals surface area contributed by atoms with Gasteiger partial charge in [-0.25, -0.2) is 0 Å². The zero-order chi connectivity index (χ0) is 13.1. The lowest BCUT2D eigenvalue weighted by Gasteiger charge is -2.06. The van der Waals surface area contributed by atoms with E-state index in [1.54, 1.807) is 19.1 Å². The minimum Gasteiger partial charge on any atom is -0.508 e. The van der Waals surface area contributed by atoms with Crippen LogP contribution in [0.25, 0.3) is 0 Å². The fourth-order valence-electron chi connectivity index (χ4n) is 1.51. The number of aryl methyl sites for hydroxylation is 1. The van der Waals surface area contributed by atoms with Gasteiger partial charge in [0, 0.05) is 11.8 Å². The van der Waals surface area contributed by atoms with Gasteiger partial charge >= 0.3 is 0 Å². The number of anilines is 1. The van der Waals surface area contributed by atoms with Gasteiger partial charge in [-0.2, -0.15) is 0 Å². The Kier molecular flexibility index (Phi) is 3.14. The average molecular weight is 244 g/mol. The number of hydrogen-bond donors (Lipinski definition) is 3. The number of aromatic nitrogens is 1. The fraction of sp³-hybridized carbons (Fsp3) is 0.0769. The van der Waals surface area contributed by atoms with Crippen LogP contribution in [-0.4, -0.2) is 16.0 Å². The molecule has 5 nitrogen and oxygen atoms in total. The number of nitrogens with one attached hydrogen (secondary N) is 2. The number of benzene rings is 1. The van der Waals surface area contributed by atoms with Gasteiger partial charge in [0.05, 0.1) is 0 Å². The fourth-order valence-corrected chi connectivity index (χ4v) is 1.51. The SMILES string of the molecule is Cc1cc(NC(=O)c2cccc(=O)[nH]2)ccc1O.